The van der Waals surface area contributed by atoms with Crippen LogP contribution >= 0.6 is 23.2 Å². The van der Waals surface area contributed by atoms with Crippen molar-refractivity contribution in [3.8, 4) is 5.75 Å². The summed E-state index contributed by atoms with van der Waals surface area (Å²) >= 11 is 12.5. The lowest BCUT2D eigenvalue weighted by Crippen LogP contribution is -2.53. The van der Waals surface area contributed by atoms with Gasteiger partial charge in [0.2, 0.25) is 5.91 Å². The van der Waals surface area contributed by atoms with Gasteiger partial charge in [-0.1, -0.05) is 47.5 Å². The van der Waals surface area contributed by atoms with Gasteiger partial charge < -0.3 is 20.1 Å². The van der Waals surface area contributed by atoms with Gasteiger partial charge in [0.15, 0.2) is 0 Å². The number of halogens is 5. The van der Waals surface area contributed by atoms with Crippen LogP contribution in [0.1, 0.15) is 66.9 Å². The largest absolute Gasteiger partial charge is 0.493 e. The van der Waals surface area contributed by atoms with Gasteiger partial charge in [0.25, 0.3) is 0 Å². The monoisotopic (exact) mass is 759 g/mol. The molecule has 0 spiro atoms. The number of carbonyl (C=O) groups excluding carboxylic acids is 2. The number of urea groups is 1. The minimum Gasteiger partial charge on any atom is -0.493 e. The molecule has 0 bridgehead atoms. The number of ether oxygens (including phenoxy) is 1. The molecule has 3 aliphatic heterocycles. The molecule has 2 N–H and O–H groups in total. The number of alkyl halides is 3. The summed E-state index contributed by atoms with van der Waals surface area (Å²) in [6.07, 6.45) is -1.82. The Balaban J connectivity index is 1.29. The molecule has 0 radical (unpaired) electrons. The van der Waals surface area contributed by atoms with Crippen molar-refractivity contribution in [2.24, 2.45) is 10.9 Å². The highest BCUT2D eigenvalue weighted by molar-refractivity contribution is 6.30. The smallest absolute Gasteiger partial charge is 0.416 e. The minimum atomic E-state index is -4.61. The van der Waals surface area contributed by atoms with Crippen LogP contribution in [0, 0.1) is 5.92 Å². The number of nitrogens with one attached hydrogen (secondary N) is 1. The van der Waals surface area contributed by atoms with Crippen LogP contribution in [-0.2, 0) is 11.0 Å². The highest BCUT2D eigenvalue weighted by Crippen LogP contribution is 2.46. The Morgan fingerprint density at radius 2 is 1.52 bits per heavy atom. The average Bonchev–Trinajstić information content (AvgIpc) is 3.52. The summed E-state index contributed by atoms with van der Waals surface area (Å²) < 4.78 is 47.3. The maximum absolute atomic E-state index is 14.8. The van der Waals surface area contributed by atoms with Crippen molar-refractivity contribution in [2.75, 3.05) is 45.9 Å². The summed E-state index contributed by atoms with van der Waals surface area (Å²) in [4.78, 5) is 38.2. The predicted octanol–water partition coefficient (Wildman–Crippen LogP) is 7.36. The number of likely N-dealkylation sites (tertiary alicyclic amines) is 2. The zero-order valence-electron chi connectivity index (χ0n) is 28.8. The van der Waals surface area contributed by atoms with Gasteiger partial charge in [-0.25, -0.2) is 4.79 Å². The van der Waals surface area contributed by atoms with E-state index in [0.29, 0.717) is 36.0 Å². The first-order chi connectivity index (χ1) is 24.9. The Morgan fingerprint density at radius 1 is 0.904 bits per heavy atom. The molecule has 52 heavy (non-hydrogen) atoms. The summed E-state index contributed by atoms with van der Waals surface area (Å²) in [7, 11) is 0. The molecule has 9 nitrogen and oxygen atoms in total. The molecule has 3 aliphatic rings. The van der Waals surface area contributed by atoms with E-state index in [4.69, 9.17) is 32.9 Å². The minimum absolute atomic E-state index is 0.0394. The van der Waals surface area contributed by atoms with Crippen molar-refractivity contribution in [1.82, 2.24) is 20.0 Å². The van der Waals surface area contributed by atoms with E-state index in [2.05, 4.69) is 10.2 Å². The second-order valence-corrected chi connectivity index (χ2v) is 14.3. The van der Waals surface area contributed by atoms with E-state index in [1.54, 1.807) is 41.0 Å². The molecule has 2 fully saturated rings. The second-order valence-electron chi connectivity index (χ2n) is 13.5. The van der Waals surface area contributed by atoms with Gasteiger partial charge in [-0.15, -0.1) is 0 Å². The van der Waals surface area contributed by atoms with Crippen LogP contribution in [0.5, 0.6) is 5.75 Å². The van der Waals surface area contributed by atoms with E-state index in [1.807, 2.05) is 24.3 Å². The van der Waals surface area contributed by atoms with Gasteiger partial charge in [-0.3, -0.25) is 19.6 Å². The number of piperidine rings is 2. The van der Waals surface area contributed by atoms with Crippen molar-refractivity contribution in [1.29, 1.82) is 0 Å². The Kier molecular flexibility index (Phi) is 12.0. The summed E-state index contributed by atoms with van der Waals surface area (Å²) in [6, 6.07) is 15.6. The molecule has 2 saturated heterocycles. The van der Waals surface area contributed by atoms with E-state index < -0.39 is 23.8 Å². The normalized spacial score (nSPS) is 20.6. The second kappa shape index (κ2) is 16.4. The molecule has 14 heteroatoms. The van der Waals surface area contributed by atoms with Crippen LogP contribution in [0.2, 0.25) is 10.0 Å². The van der Waals surface area contributed by atoms with Crippen LogP contribution in [0.4, 0.5) is 18.0 Å². The lowest BCUT2D eigenvalue weighted by atomic mass is 9.93. The van der Waals surface area contributed by atoms with Crippen LogP contribution < -0.4 is 10.1 Å². The summed E-state index contributed by atoms with van der Waals surface area (Å²) in [5.41, 5.74) is 0.859. The molecule has 2 unspecified atom stereocenters. The molecule has 3 aromatic rings. The van der Waals surface area contributed by atoms with E-state index >= 15 is 0 Å². The van der Waals surface area contributed by atoms with Crippen molar-refractivity contribution < 1.29 is 32.6 Å². The molecule has 3 amide bonds. The van der Waals surface area contributed by atoms with Crippen LogP contribution in [0.15, 0.2) is 71.7 Å². The summed E-state index contributed by atoms with van der Waals surface area (Å²) in [5, 5.41) is 13.6. The Bertz CT molecular complexity index is 1740. The first-order valence-electron chi connectivity index (χ1n) is 17.6. The molecule has 2 atom stereocenters. The third-order valence-electron chi connectivity index (χ3n) is 10.0. The zero-order valence-corrected chi connectivity index (χ0v) is 30.3. The van der Waals surface area contributed by atoms with Gasteiger partial charge in [0.05, 0.1) is 30.3 Å². The Labute approximate surface area is 311 Å². The number of nitrogens with zero attached hydrogens (tertiary/aromatic N) is 4. The number of amidine groups is 1. The fraction of sp³-hybridized carbons (Fsp3) is 0.447. The van der Waals surface area contributed by atoms with Crippen molar-refractivity contribution in [2.45, 2.75) is 56.9 Å². The number of benzene rings is 3. The first kappa shape index (κ1) is 37.9. The van der Waals surface area contributed by atoms with E-state index in [-0.39, 0.29) is 60.8 Å². The Hall–Kier alpha value is -3.84. The molecule has 278 valence electrons. The number of hydrogen-bond acceptors (Lipinski definition) is 6. The van der Waals surface area contributed by atoms with Crippen molar-refractivity contribution in [3.63, 3.8) is 0 Å². The highest BCUT2D eigenvalue weighted by Gasteiger charge is 2.45. The summed E-state index contributed by atoms with van der Waals surface area (Å²) in [6.45, 7) is 4.45. The molecule has 6 rings (SSSR count). The lowest BCUT2D eigenvalue weighted by Gasteiger charge is -2.38. The van der Waals surface area contributed by atoms with Crippen molar-refractivity contribution in [3.05, 3.63) is 99.0 Å². The first-order valence-corrected chi connectivity index (χ1v) is 18.3. The summed E-state index contributed by atoms with van der Waals surface area (Å²) in [5.74, 6) is 0.360. The van der Waals surface area contributed by atoms with E-state index in [1.165, 1.54) is 6.07 Å². The molecule has 3 heterocycles. The molecule has 0 aliphatic carbocycles. The topological polar surface area (TPSA) is 97.7 Å². The lowest BCUT2D eigenvalue weighted by molar-refractivity contribution is -0.137. The third kappa shape index (κ3) is 8.68. The number of aliphatic hydroxyl groups excluding tert-OH is 1. The number of carbonyl (C=O) groups is 2. The van der Waals surface area contributed by atoms with Crippen LogP contribution in [0.3, 0.4) is 0 Å². The van der Waals surface area contributed by atoms with Crippen LogP contribution in [0.25, 0.3) is 0 Å². The predicted molar refractivity (Wildman–Crippen MR) is 194 cm³/mol. The fourth-order valence-electron chi connectivity index (χ4n) is 7.18. The van der Waals surface area contributed by atoms with Gasteiger partial charge in [-0.05, 0) is 105 Å². The van der Waals surface area contributed by atoms with E-state index in [9.17, 15) is 27.9 Å². The number of hydrogen-bond donors (Lipinski definition) is 2. The Morgan fingerprint density at radius 3 is 2.10 bits per heavy atom. The number of amides is 3. The third-order valence-corrected chi connectivity index (χ3v) is 10.5. The fourth-order valence-corrected chi connectivity index (χ4v) is 7.44. The molecule has 3 aromatic carbocycles. The molecular weight excluding hydrogens is 718 g/mol. The van der Waals surface area contributed by atoms with Crippen LogP contribution in [-0.4, -0.2) is 89.6 Å². The van der Waals surface area contributed by atoms with Gasteiger partial charge in [0, 0.05) is 35.8 Å². The van der Waals surface area contributed by atoms with Crippen molar-refractivity contribution >= 4 is 41.0 Å². The molecule has 0 saturated carbocycles. The highest BCUT2D eigenvalue weighted by atomic mass is 35.5. The maximum Gasteiger partial charge on any atom is 0.416 e. The van der Waals surface area contributed by atoms with Gasteiger partial charge >= 0.3 is 12.2 Å². The van der Waals surface area contributed by atoms with Gasteiger partial charge in [0.1, 0.15) is 17.6 Å². The SMILES string of the molecule is CCOc1cc(C(F)(F)F)ccc1C1=NC(c2ccc(Cl)cc2)C(c2ccc(Cl)cc2)N1C(=O)N1CCC(NC(=O)CN2CCC(CO)CC2)CC1. The molecule has 0 aromatic heterocycles. The average molecular weight is 761 g/mol. The standard InChI is InChI=1S/C38H42Cl2F3N5O4/c1-2-52-32-21-27(38(41,42)43)7-12-31(32)36-45-34(25-3-8-28(39)9-4-25)35(26-5-10-29(40)11-6-26)48(36)37(51)47-19-15-30(16-20-47)44-33(50)22-46-17-13-24(23-49)14-18-46/h3-12,21,24,30,34-35,49H,2,13-20,22-23H2,1H3,(H,44,50). The quantitative estimate of drug-likeness (QED) is 0.238. The molecular formula is C38H42Cl2F3N5O4. The number of rotatable bonds is 9. The number of aliphatic hydroxyl groups is 1. The maximum atomic E-state index is 14.8. The van der Waals surface area contributed by atoms with Gasteiger partial charge in [-0.2, -0.15) is 13.2 Å². The number of aliphatic imine (C=N–C) groups is 1. The van der Waals surface area contributed by atoms with E-state index in [0.717, 1.165) is 49.2 Å². The zero-order chi connectivity index (χ0) is 37.0.